The monoisotopic (exact) mass is 446 g/mol. The number of amides is 2. The number of nitrogens with one attached hydrogen (secondary N) is 1. The molecule has 0 aromatic heterocycles. The average molecular weight is 446 g/mol. The maximum Gasteiger partial charge on any atom is 0.339 e. The SMILES string of the molecule is C[C@H](C(=O)Nc1ccc(O)c(C(=O)O)c1)N1C(=O)/C(=C\c2ccc(F)cc2)SC1=S. The van der Waals surface area contributed by atoms with Crippen LogP contribution in [0, 0.1) is 5.82 Å². The Labute approximate surface area is 180 Å². The molecule has 1 fully saturated rings. The number of carbonyl (C=O) groups excluding carboxylic acids is 2. The fourth-order valence-electron chi connectivity index (χ4n) is 2.67. The van der Waals surface area contributed by atoms with E-state index in [9.17, 15) is 23.9 Å². The molecule has 7 nitrogen and oxygen atoms in total. The van der Waals surface area contributed by atoms with Gasteiger partial charge in [-0.15, -0.1) is 0 Å². The van der Waals surface area contributed by atoms with Crippen LogP contribution in [-0.2, 0) is 9.59 Å². The topological polar surface area (TPSA) is 107 Å². The van der Waals surface area contributed by atoms with Gasteiger partial charge in [-0.2, -0.15) is 0 Å². The van der Waals surface area contributed by atoms with E-state index in [4.69, 9.17) is 17.3 Å². The summed E-state index contributed by atoms with van der Waals surface area (Å²) in [4.78, 5) is 37.9. The summed E-state index contributed by atoms with van der Waals surface area (Å²) in [6, 6.07) is 8.20. The number of carbonyl (C=O) groups is 3. The molecule has 2 aromatic rings. The third kappa shape index (κ3) is 4.50. The minimum Gasteiger partial charge on any atom is -0.507 e. The highest BCUT2D eigenvalue weighted by Crippen LogP contribution is 2.34. The largest absolute Gasteiger partial charge is 0.507 e. The van der Waals surface area contributed by atoms with E-state index in [1.807, 2.05) is 0 Å². The predicted octanol–water partition coefficient (Wildman–Crippen LogP) is 3.46. The number of hydrogen-bond acceptors (Lipinski definition) is 6. The lowest BCUT2D eigenvalue weighted by atomic mass is 10.1. The number of thioether (sulfide) groups is 1. The van der Waals surface area contributed by atoms with Gasteiger partial charge < -0.3 is 15.5 Å². The van der Waals surface area contributed by atoms with Gasteiger partial charge >= 0.3 is 5.97 Å². The zero-order valence-electron chi connectivity index (χ0n) is 15.5. The average Bonchev–Trinajstić information content (AvgIpc) is 2.97. The first-order valence-corrected chi connectivity index (χ1v) is 9.79. The van der Waals surface area contributed by atoms with Gasteiger partial charge in [-0.1, -0.05) is 36.1 Å². The molecule has 3 N–H and O–H groups in total. The molecule has 1 aliphatic rings. The molecule has 0 spiro atoms. The van der Waals surface area contributed by atoms with Crippen LogP contribution >= 0.6 is 24.0 Å². The maximum atomic E-state index is 13.1. The van der Waals surface area contributed by atoms with Crippen LogP contribution < -0.4 is 5.32 Å². The van der Waals surface area contributed by atoms with E-state index in [2.05, 4.69) is 5.32 Å². The summed E-state index contributed by atoms with van der Waals surface area (Å²) < 4.78 is 13.2. The number of nitrogens with zero attached hydrogens (tertiary/aromatic N) is 1. The van der Waals surface area contributed by atoms with Gasteiger partial charge in [0.1, 0.15) is 27.5 Å². The van der Waals surface area contributed by atoms with Crippen LogP contribution in [0.5, 0.6) is 5.75 Å². The van der Waals surface area contributed by atoms with E-state index >= 15 is 0 Å². The van der Waals surface area contributed by atoms with E-state index in [0.29, 0.717) is 10.5 Å². The first-order chi connectivity index (χ1) is 14.2. The molecular weight excluding hydrogens is 431 g/mol. The second-order valence-electron chi connectivity index (χ2n) is 6.31. The Balaban J connectivity index is 1.76. The molecule has 0 unspecified atom stereocenters. The molecule has 0 radical (unpaired) electrons. The summed E-state index contributed by atoms with van der Waals surface area (Å²) in [5.41, 5.74) is 0.391. The van der Waals surface area contributed by atoms with E-state index in [1.54, 1.807) is 6.08 Å². The fourth-order valence-corrected chi connectivity index (χ4v) is 4.09. The van der Waals surface area contributed by atoms with Crippen molar-refractivity contribution in [2.24, 2.45) is 0 Å². The molecule has 3 rings (SSSR count). The van der Waals surface area contributed by atoms with Crippen LogP contribution in [0.2, 0.25) is 0 Å². The predicted molar refractivity (Wildman–Crippen MR) is 115 cm³/mol. The van der Waals surface area contributed by atoms with Crippen molar-refractivity contribution >= 4 is 57.8 Å². The summed E-state index contributed by atoms with van der Waals surface area (Å²) in [6.07, 6.45) is 1.56. The summed E-state index contributed by atoms with van der Waals surface area (Å²) in [6.45, 7) is 1.49. The Morgan fingerprint density at radius 3 is 2.53 bits per heavy atom. The van der Waals surface area contributed by atoms with Gasteiger partial charge in [0.05, 0.1) is 4.91 Å². The highest BCUT2D eigenvalue weighted by atomic mass is 32.2. The number of anilines is 1. The van der Waals surface area contributed by atoms with Crippen LogP contribution in [0.1, 0.15) is 22.8 Å². The number of rotatable bonds is 5. The third-order valence-corrected chi connectivity index (χ3v) is 5.58. The number of carboxylic acid groups (broad SMARTS) is 1. The smallest absolute Gasteiger partial charge is 0.339 e. The zero-order valence-corrected chi connectivity index (χ0v) is 17.1. The van der Waals surface area contributed by atoms with Crippen molar-refractivity contribution < 1.29 is 29.0 Å². The number of aromatic hydroxyl groups is 1. The van der Waals surface area contributed by atoms with Crippen LogP contribution in [0.15, 0.2) is 47.4 Å². The summed E-state index contributed by atoms with van der Waals surface area (Å²) in [5, 5.41) is 21.1. The standard InChI is InChI=1S/C20H15FN2O5S2/c1-10(17(25)22-13-6-7-15(24)14(9-13)19(27)28)23-18(26)16(30-20(23)29)8-11-2-4-12(21)5-3-11/h2-10,24H,1H3,(H,22,25)(H,27,28)/b16-8+/t10-/m1/s1. The van der Waals surface area contributed by atoms with Gasteiger partial charge in [0.2, 0.25) is 5.91 Å². The Morgan fingerprint density at radius 2 is 1.90 bits per heavy atom. The van der Waals surface area contributed by atoms with Crippen molar-refractivity contribution in [3.63, 3.8) is 0 Å². The number of halogens is 1. The van der Waals surface area contributed by atoms with Crippen molar-refractivity contribution in [2.45, 2.75) is 13.0 Å². The van der Waals surface area contributed by atoms with Crippen LogP contribution in [-0.4, -0.2) is 43.3 Å². The van der Waals surface area contributed by atoms with Crippen molar-refractivity contribution in [3.05, 3.63) is 64.3 Å². The van der Waals surface area contributed by atoms with Gasteiger partial charge in [-0.25, -0.2) is 9.18 Å². The molecule has 1 atom stereocenters. The molecule has 0 bridgehead atoms. The fraction of sp³-hybridized carbons (Fsp3) is 0.100. The molecule has 1 heterocycles. The lowest BCUT2D eigenvalue weighted by Crippen LogP contribution is -2.44. The van der Waals surface area contributed by atoms with Gasteiger partial charge in [0.25, 0.3) is 5.91 Å². The molecule has 154 valence electrons. The number of carboxylic acids is 1. The number of benzene rings is 2. The Hall–Kier alpha value is -3.24. The maximum absolute atomic E-state index is 13.1. The van der Waals surface area contributed by atoms with Crippen LogP contribution in [0.3, 0.4) is 0 Å². The van der Waals surface area contributed by atoms with Gasteiger partial charge in [-0.05, 0) is 48.9 Å². The third-order valence-electron chi connectivity index (χ3n) is 4.25. The summed E-state index contributed by atoms with van der Waals surface area (Å²) >= 11 is 6.27. The highest BCUT2D eigenvalue weighted by Gasteiger charge is 2.38. The highest BCUT2D eigenvalue weighted by molar-refractivity contribution is 8.26. The molecule has 0 aliphatic carbocycles. The normalized spacial score (nSPS) is 16.1. The Kier molecular flexibility index (Phi) is 6.18. The molecule has 2 aromatic carbocycles. The summed E-state index contributed by atoms with van der Waals surface area (Å²) in [7, 11) is 0. The van der Waals surface area contributed by atoms with Crippen LogP contribution in [0.4, 0.5) is 10.1 Å². The van der Waals surface area contributed by atoms with E-state index in [0.717, 1.165) is 28.8 Å². The number of aromatic carboxylic acids is 1. The van der Waals surface area contributed by atoms with Crippen molar-refractivity contribution in [2.75, 3.05) is 5.32 Å². The lowest BCUT2D eigenvalue weighted by molar-refractivity contribution is -0.129. The minimum absolute atomic E-state index is 0.148. The first-order valence-electron chi connectivity index (χ1n) is 8.57. The molecule has 1 aliphatic heterocycles. The molecule has 10 heteroatoms. The van der Waals surface area contributed by atoms with E-state index in [1.165, 1.54) is 37.3 Å². The molecule has 2 amide bonds. The number of hydrogen-bond donors (Lipinski definition) is 3. The van der Waals surface area contributed by atoms with Crippen molar-refractivity contribution in [1.82, 2.24) is 4.90 Å². The van der Waals surface area contributed by atoms with Crippen molar-refractivity contribution in [1.29, 1.82) is 0 Å². The Morgan fingerprint density at radius 1 is 1.23 bits per heavy atom. The quantitative estimate of drug-likeness (QED) is 0.367. The lowest BCUT2D eigenvalue weighted by Gasteiger charge is -2.22. The number of thiocarbonyl (C=S) groups is 1. The number of phenols is 1. The Bertz CT molecular complexity index is 1090. The molecule has 30 heavy (non-hydrogen) atoms. The zero-order chi connectivity index (χ0) is 22.0. The molecule has 0 saturated carbocycles. The van der Waals surface area contributed by atoms with Gasteiger partial charge in [-0.3, -0.25) is 14.5 Å². The summed E-state index contributed by atoms with van der Waals surface area (Å²) in [5.74, 6) is -3.23. The second-order valence-corrected chi connectivity index (χ2v) is 7.98. The van der Waals surface area contributed by atoms with E-state index in [-0.39, 0.29) is 15.6 Å². The minimum atomic E-state index is -1.35. The molecular formula is C20H15FN2O5S2. The van der Waals surface area contributed by atoms with Gasteiger partial charge in [0, 0.05) is 5.69 Å². The second kappa shape index (κ2) is 8.64. The van der Waals surface area contributed by atoms with Crippen LogP contribution in [0.25, 0.3) is 6.08 Å². The first kappa shape index (κ1) is 21.5. The van der Waals surface area contributed by atoms with Crippen molar-refractivity contribution in [3.8, 4) is 5.75 Å². The van der Waals surface area contributed by atoms with E-state index < -0.39 is 35.4 Å². The molecule has 1 saturated heterocycles. The van der Waals surface area contributed by atoms with Gasteiger partial charge in [0.15, 0.2) is 0 Å².